The molecule has 45 heavy (non-hydrogen) atoms. The molecule has 0 aliphatic rings. The number of anilines is 2. The summed E-state index contributed by atoms with van der Waals surface area (Å²) in [6.45, 7) is 1.82. The van der Waals surface area contributed by atoms with Crippen molar-refractivity contribution in [3.05, 3.63) is 83.4 Å². The first-order valence-corrected chi connectivity index (χ1v) is 14.9. The Labute approximate surface area is 265 Å². The molecule has 0 aliphatic heterocycles. The van der Waals surface area contributed by atoms with Crippen LogP contribution in [0.3, 0.4) is 0 Å². The summed E-state index contributed by atoms with van der Waals surface area (Å²) in [5.41, 5.74) is 1.58. The van der Waals surface area contributed by atoms with Crippen molar-refractivity contribution in [1.29, 1.82) is 0 Å². The molecule has 0 saturated carbocycles. The number of aromatic nitrogens is 2. The summed E-state index contributed by atoms with van der Waals surface area (Å²) >= 11 is 5.93. The average Bonchev–Trinajstić information content (AvgIpc) is 3.04. The lowest BCUT2D eigenvalue weighted by atomic mass is 10.0. The molecule has 1 atom stereocenters. The highest BCUT2D eigenvalue weighted by Gasteiger charge is 2.21. The molecule has 0 spiro atoms. The SMILES string of the molecule is COc1cc2ncnc(Nc3ccc(F)c(Cl)c3)c2cc1OCCNC(=O)[C@H](CCCCCC(C)=O)NC(=O)c1ccccc1. The second kappa shape index (κ2) is 16.3. The highest BCUT2D eigenvalue weighted by Crippen LogP contribution is 2.35. The van der Waals surface area contributed by atoms with E-state index in [0.717, 1.165) is 12.8 Å². The van der Waals surface area contributed by atoms with E-state index in [2.05, 4.69) is 25.9 Å². The van der Waals surface area contributed by atoms with E-state index in [4.69, 9.17) is 21.1 Å². The molecule has 236 valence electrons. The number of rotatable bonds is 16. The van der Waals surface area contributed by atoms with Crippen LogP contribution in [-0.2, 0) is 9.59 Å². The number of carbonyl (C=O) groups excluding carboxylic acids is 3. The van der Waals surface area contributed by atoms with Crippen molar-refractivity contribution in [3.63, 3.8) is 0 Å². The van der Waals surface area contributed by atoms with Gasteiger partial charge in [0.2, 0.25) is 5.91 Å². The predicted octanol–water partition coefficient (Wildman–Crippen LogP) is 6.01. The fourth-order valence-corrected chi connectivity index (χ4v) is 4.78. The van der Waals surface area contributed by atoms with Crippen LogP contribution in [0.4, 0.5) is 15.9 Å². The molecular formula is C33H35ClFN5O5. The third-order valence-electron chi connectivity index (χ3n) is 6.94. The Morgan fingerprint density at radius 1 is 0.978 bits per heavy atom. The summed E-state index contributed by atoms with van der Waals surface area (Å²) in [6.07, 6.45) is 4.49. The molecule has 0 bridgehead atoms. The van der Waals surface area contributed by atoms with E-state index in [-0.39, 0.29) is 35.8 Å². The summed E-state index contributed by atoms with van der Waals surface area (Å²) in [6, 6.07) is 15.6. The molecule has 3 aromatic carbocycles. The van der Waals surface area contributed by atoms with E-state index in [9.17, 15) is 18.8 Å². The van der Waals surface area contributed by atoms with Crippen molar-refractivity contribution in [2.45, 2.75) is 45.1 Å². The number of Topliss-reactive ketones (excluding diaryl/α,β-unsaturated/α-hetero) is 1. The largest absolute Gasteiger partial charge is 0.493 e. The molecule has 1 aromatic heterocycles. The van der Waals surface area contributed by atoms with Gasteiger partial charge in [0, 0.05) is 29.1 Å². The second-order valence-electron chi connectivity index (χ2n) is 10.3. The number of hydrogen-bond donors (Lipinski definition) is 3. The highest BCUT2D eigenvalue weighted by atomic mass is 35.5. The van der Waals surface area contributed by atoms with Gasteiger partial charge in [0.1, 0.15) is 36.4 Å². The van der Waals surface area contributed by atoms with Gasteiger partial charge in [-0.1, -0.05) is 42.6 Å². The molecule has 10 nitrogen and oxygen atoms in total. The number of hydrogen-bond acceptors (Lipinski definition) is 8. The summed E-state index contributed by atoms with van der Waals surface area (Å²) in [5, 5.41) is 9.39. The van der Waals surface area contributed by atoms with Gasteiger partial charge in [-0.25, -0.2) is 14.4 Å². The Balaban J connectivity index is 1.40. The summed E-state index contributed by atoms with van der Waals surface area (Å²) in [4.78, 5) is 45.8. The van der Waals surface area contributed by atoms with Gasteiger partial charge in [-0.05, 0) is 56.2 Å². The third kappa shape index (κ3) is 9.61. The lowest BCUT2D eigenvalue weighted by Crippen LogP contribution is -2.47. The van der Waals surface area contributed by atoms with Crippen LogP contribution in [0.25, 0.3) is 10.9 Å². The number of carbonyl (C=O) groups is 3. The van der Waals surface area contributed by atoms with E-state index in [1.807, 2.05) is 6.07 Å². The molecule has 1 heterocycles. The Morgan fingerprint density at radius 2 is 1.78 bits per heavy atom. The number of nitrogens with zero attached hydrogens (tertiary/aromatic N) is 2. The first-order chi connectivity index (χ1) is 21.7. The quantitative estimate of drug-likeness (QED) is 0.128. The van der Waals surface area contributed by atoms with E-state index >= 15 is 0 Å². The van der Waals surface area contributed by atoms with Crippen molar-refractivity contribution in [2.24, 2.45) is 0 Å². The molecule has 2 amide bonds. The Hall–Kier alpha value is -4.77. The van der Waals surface area contributed by atoms with Gasteiger partial charge in [0.15, 0.2) is 11.5 Å². The van der Waals surface area contributed by atoms with Gasteiger partial charge < -0.3 is 30.2 Å². The topological polar surface area (TPSA) is 132 Å². The molecule has 4 rings (SSSR count). The van der Waals surface area contributed by atoms with Crippen molar-refractivity contribution < 1.29 is 28.2 Å². The summed E-state index contributed by atoms with van der Waals surface area (Å²) < 4.78 is 25.1. The van der Waals surface area contributed by atoms with Gasteiger partial charge in [-0.3, -0.25) is 9.59 Å². The first kappa shape index (κ1) is 33.1. The number of methoxy groups -OCH3 is 1. The zero-order valence-electron chi connectivity index (χ0n) is 25.1. The van der Waals surface area contributed by atoms with Crippen LogP contribution in [0.2, 0.25) is 5.02 Å². The maximum atomic E-state index is 13.6. The lowest BCUT2D eigenvalue weighted by Gasteiger charge is -2.19. The van der Waals surface area contributed by atoms with Crippen molar-refractivity contribution in [1.82, 2.24) is 20.6 Å². The fourth-order valence-electron chi connectivity index (χ4n) is 4.60. The summed E-state index contributed by atoms with van der Waals surface area (Å²) in [5.74, 6) is 0.197. The molecule has 0 fully saturated rings. The van der Waals surface area contributed by atoms with Gasteiger partial charge in [-0.15, -0.1) is 0 Å². The standard InChI is InChI=1S/C33H35ClFN5O5/c1-21(41)9-5-3-8-12-27(40-32(42)22-10-6-4-7-11-22)33(43)36-15-16-45-30-18-24-28(19-29(30)44-2)37-20-38-31(24)39-23-13-14-26(35)25(34)17-23/h4,6-7,10-11,13-14,17-20,27H,3,5,8-9,12,15-16H2,1-2H3,(H,36,43)(H,40,42)(H,37,38,39)/t27-/m0/s1. The average molecular weight is 636 g/mol. The number of halogens is 2. The van der Waals surface area contributed by atoms with Crippen LogP contribution in [0.1, 0.15) is 49.4 Å². The first-order valence-electron chi connectivity index (χ1n) is 14.6. The highest BCUT2D eigenvalue weighted by molar-refractivity contribution is 6.31. The smallest absolute Gasteiger partial charge is 0.251 e. The molecule has 0 aliphatic carbocycles. The molecule has 0 radical (unpaired) electrons. The summed E-state index contributed by atoms with van der Waals surface area (Å²) in [7, 11) is 1.51. The minimum absolute atomic E-state index is 0.0269. The Kier molecular flexibility index (Phi) is 12.0. The lowest BCUT2D eigenvalue weighted by molar-refractivity contribution is -0.123. The molecule has 0 saturated heterocycles. The molecular weight excluding hydrogens is 601 g/mol. The Morgan fingerprint density at radius 3 is 2.51 bits per heavy atom. The minimum Gasteiger partial charge on any atom is -0.493 e. The second-order valence-corrected chi connectivity index (χ2v) is 10.7. The number of amides is 2. The van der Waals surface area contributed by atoms with Crippen LogP contribution < -0.4 is 25.4 Å². The molecule has 0 unspecified atom stereocenters. The fraction of sp³-hybridized carbons (Fsp3) is 0.303. The van der Waals surface area contributed by atoms with E-state index < -0.39 is 11.9 Å². The maximum Gasteiger partial charge on any atom is 0.251 e. The van der Waals surface area contributed by atoms with Crippen molar-refractivity contribution in [3.8, 4) is 11.5 Å². The number of ketones is 1. The molecule has 12 heteroatoms. The third-order valence-corrected chi connectivity index (χ3v) is 7.23. The minimum atomic E-state index is -0.754. The number of ether oxygens (including phenoxy) is 2. The van der Waals surface area contributed by atoms with Crippen LogP contribution in [-0.4, -0.2) is 53.9 Å². The van der Waals surface area contributed by atoms with Gasteiger partial charge in [0.05, 0.1) is 24.2 Å². The predicted molar refractivity (Wildman–Crippen MR) is 171 cm³/mol. The number of benzene rings is 3. The zero-order valence-corrected chi connectivity index (χ0v) is 25.8. The van der Waals surface area contributed by atoms with Crippen LogP contribution in [0, 0.1) is 5.82 Å². The van der Waals surface area contributed by atoms with Gasteiger partial charge in [0.25, 0.3) is 5.91 Å². The number of unbranched alkanes of at least 4 members (excludes halogenated alkanes) is 2. The van der Waals surface area contributed by atoms with Gasteiger partial charge in [-0.2, -0.15) is 0 Å². The zero-order chi connectivity index (χ0) is 32.2. The number of fused-ring (bicyclic) bond motifs is 1. The van der Waals surface area contributed by atoms with Crippen LogP contribution in [0.5, 0.6) is 11.5 Å². The van der Waals surface area contributed by atoms with Crippen LogP contribution in [0.15, 0.2) is 67.0 Å². The number of nitrogens with one attached hydrogen (secondary N) is 3. The monoisotopic (exact) mass is 635 g/mol. The van der Waals surface area contributed by atoms with Crippen molar-refractivity contribution in [2.75, 3.05) is 25.6 Å². The molecule has 4 aromatic rings. The van der Waals surface area contributed by atoms with Crippen LogP contribution >= 0.6 is 11.6 Å². The van der Waals surface area contributed by atoms with E-state index in [0.29, 0.717) is 58.7 Å². The van der Waals surface area contributed by atoms with E-state index in [1.54, 1.807) is 49.4 Å². The molecule has 3 N–H and O–H groups in total. The normalized spacial score (nSPS) is 11.5. The van der Waals surface area contributed by atoms with Crippen molar-refractivity contribution >= 4 is 51.6 Å². The van der Waals surface area contributed by atoms with Gasteiger partial charge >= 0.3 is 0 Å². The maximum absolute atomic E-state index is 13.6. The van der Waals surface area contributed by atoms with E-state index in [1.165, 1.54) is 25.6 Å². The Bertz CT molecular complexity index is 1640.